The van der Waals surface area contributed by atoms with Crippen molar-refractivity contribution in [1.29, 1.82) is 0 Å². The van der Waals surface area contributed by atoms with Crippen LogP contribution in [0.15, 0.2) is 78.9 Å². The third-order valence-corrected chi connectivity index (χ3v) is 4.90. The molecule has 0 heterocycles. The molecule has 1 atom stereocenters. The lowest BCUT2D eigenvalue weighted by molar-refractivity contribution is -0.122. The standard InChI is InChI=1S/C24H22ClN3O3S/c1-16(31-21-10-6-5-9-20(21)25)23(30)26-18-11-13-19(14-12-18)27-24(32)28-22(29)15-17-7-3-2-4-8-17/h2-14,16H,15H2,1H3,(H,26,30)(H2,27,28,29,32). The lowest BCUT2D eigenvalue weighted by Crippen LogP contribution is -2.35. The number of hydrogen-bond donors (Lipinski definition) is 3. The largest absolute Gasteiger partial charge is 0.479 e. The van der Waals surface area contributed by atoms with Crippen LogP contribution in [0.5, 0.6) is 5.75 Å². The van der Waals surface area contributed by atoms with Crippen molar-refractivity contribution in [2.75, 3.05) is 10.6 Å². The zero-order valence-electron chi connectivity index (χ0n) is 17.3. The van der Waals surface area contributed by atoms with E-state index in [2.05, 4.69) is 16.0 Å². The molecule has 3 rings (SSSR count). The fourth-order valence-corrected chi connectivity index (χ4v) is 3.19. The first-order valence-electron chi connectivity index (χ1n) is 9.87. The number of thiocarbonyl (C=S) groups is 1. The Morgan fingerprint density at radius 3 is 2.16 bits per heavy atom. The third-order valence-electron chi connectivity index (χ3n) is 4.38. The Kier molecular flexibility index (Phi) is 8.19. The van der Waals surface area contributed by atoms with Gasteiger partial charge in [-0.15, -0.1) is 0 Å². The van der Waals surface area contributed by atoms with E-state index in [0.29, 0.717) is 22.1 Å². The molecule has 0 aliphatic rings. The predicted molar refractivity (Wildman–Crippen MR) is 131 cm³/mol. The summed E-state index contributed by atoms with van der Waals surface area (Å²) in [7, 11) is 0. The summed E-state index contributed by atoms with van der Waals surface area (Å²) in [4.78, 5) is 24.5. The van der Waals surface area contributed by atoms with Gasteiger partial charge in [-0.2, -0.15) is 0 Å². The molecule has 32 heavy (non-hydrogen) atoms. The van der Waals surface area contributed by atoms with Gasteiger partial charge in [-0.1, -0.05) is 54.1 Å². The molecular formula is C24H22ClN3O3S. The van der Waals surface area contributed by atoms with E-state index in [9.17, 15) is 9.59 Å². The Morgan fingerprint density at radius 2 is 1.50 bits per heavy atom. The topological polar surface area (TPSA) is 79.5 Å². The molecule has 0 aromatic heterocycles. The van der Waals surface area contributed by atoms with Crippen molar-refractivity contribution in [3.05, 3.63) is 89.4 Å². The summed E-state index contributed by atoms with van der Waals surface area (Å²) in [6.07, 6.45) is -0.498. The molecule has 0 saturated carbocycles. The van der Waals surface area contributed by atoms with E-state index in [4.69, 9.17) is 28.6 Å². The number of ether oxygens (including phenoxy) is 1. The first-order valence-corrected chi connectivity index (χ1v) is 10.7. The molecule has 0 aliphatic heterocycles. The lowest BCUT2D eigenvalue weighted by atomic mass is 10.1. The number of hydrogen-bond acceptors (Lipinski definition) is 4. The lowest BCUT2D eigenvalue weighted by Gasteiger charge is -2.16. The van der Waals surface area contributed by atoms with Crippen LogP contribution in [0.3, 0.4) is 0 Å². The third kappa shape index (κ3) is 7.08. The number of benzene rings is 3. The fourth-order valence-electron chi connectivity index (χ4n) is 2.78. The van der Waals surface area contributed by atoms with Crippen LogP contribution < -0.4 is 20.7 Å². The van der Waals surface area contributed by atoms with Crippen molar-refractivity contribution in [1.82, 2.24) is 5.32 Å². The molecular weight excluding hydrogens is 446 g/mol. The van der Waals surface area contributed by atoms with Gasteiger partial charge in [0.05, 0.1) is 11.4 Å². The molecule has 3 aromatic carbocycles. The Balaban J connectivity index is 1.47. The van der Waals surface area contributed by atoms with E-state index >= 15 is 0 Å². The molecule has 0 bridgehead atoms. The van der Waals surface area contributed by atoms with Gasteiger partial charge >= 0.3 is 0 Å². The van der Waals surface area contributed by atoms with Gasteiger partial charge in [0.2, 0.25) is 5.91 Å². The normalized spacial score (nSPS) is 11.2. The second-order valence-corrected chi connectivity index (χ2v) is 7.74. The highest BCUT2D eigenvalue weighted by molar-refractivity contribution is 7.80. The van der Waals surface area contributed by atoms with Crippen LogP contribution in [-0.4, -0.2) is 23.0 Å². The van der Waals surface area contributed by atoms with Gasteiger partial charge in [0.15, 0.2) is 11.2 Å². The number of amides is 2. The van der Waals surface area contributed by atoms with E-state index < -0.39 is 6.10 Å². The number of nitrogens with one attached hydrogen (secondary N) is 3. The Labute approximate surface area is 196 Å². The predicted octanol–water partition coefficient (Wildman–Crippen LogP) is 4.80. The van der Waals surface area contributed by atoms with Crippen molar-refractivity contribution in [3.8, 4) is 5.75 Å². The minimum absolute atomic E-state index is 0.199. The van der Waals surface area contributed by atoms with Crippen molar-refractivity contribution >= 4 is 52.1 Å². The van der Waals surface area contributed by atoms with Gasteiger partial charge in [0.25, 0.3) is 5.91 Å². The molecule has 3 N–H and O–H groups in total. The van der Waals surface area contributed by atoms with Crippen LogP contribution in [-0.2, 0) is 16.0 Å². The van der Waals surface area contributed by atoms with E-state index in [0.717, 1.165) is 5.56 Å². The molecule has 3 aromatic rings. The number of anilines is 2. The Hall–Kier alpha value is -3.42. The van der Waals surface area contributed by atoms with Gasteiger partial charge < -0.3 is 20.7 Å². The van der Waals surface area contributed by atoms with E-state index in [1.807, 2.05) is 30.3 Å². The second-order valence-electron chi connectivity index (χ2n) is 6.92. The fraction of sp³-hybridized carbons (Fsp3) is 0.125. The molecule has 0 aliphatic carbocycles. The minimum Gasteiger partial charge on any atom is -0.479 e. The van der Waals surface area contributed by atoms with Crippen molar-refractivity contribution in [2.24, 2.45) is 0 Å². The van der Waals surface area contributed by atoms with Gasteiger partial charge in [-0.3, -0.25) is 9.59 Å². The highest BCUT2D eigenvalue weighted by atomic mass is 35.5. The van der Waals surface area contributed by atoms with Crippen LogP contribution in [0.4, 0.5) is 11.4 Å². The van der Waals surface area contributed by atoms with Gasteiger partial charge in [-0.25, -0.2) is 0 Å². The van der Waals surface area contributed by atoms with E-state index in [1.54, 1.807) is 55.5 Å². The smallest absolute Gasteiger partial charge is 0.265 e. The average Bonchev–Trinajstić information content (AvgIpc) is 2.77. The summed E-state index contributed by atoms with van der Waals surface area (Å²) in [5, 5.41) is 9.02. The zero-order valence-corrected chi connectivity index (χ0v) is 18.9. The second kappa shape index (κ2) is 11.3. The summed E-state index contributed by atoms with van der Waals surface area (Å²) in [5.74, 6) is -0.0707. The first kappa shape index (κ1) is 23.2. The molecule has 0 saturated heterocycles. The molecule has 1 unspecified atom stereocenters. The van der Waals surface area contributed by atoms with E-state index in [1.165, 1.54) is 0 Å². The Bertz CT molecular complexity index is 1090. The zero-order chi connectivity index (χ0) is 22.9. The summed E-state index contributed by atoms with van der Waals surface area (Å²) in [5.41, 5.74) is 2.17. The average molecular weight is 468 g/mol. The molecule has 0 radical (unpaired) electrons. The van der Waals surface area contributed by atoms with Crippen LogP contribution in [0.25, 0.3) is 0 Å². The highest BCUT2D eigenvalue weighted by Gasteiger charge is 2.16. The summed E-state index contributed by atoms with van der Waals surface area (Å²) >= 11 is 11.3. The number of carbonyl (C=O) groups is 2. The van der Waals surface area contributed by atoms with Gasteiger partial charge in [0.1, 0.15) is 5.75 Å². The minimum atomic E-state index is -0.736. The molecule has 8 heteroatoms. The number of halogens is 1. The van der Waals surface area contributed by atoms with Crippen molar-refractivity contribution in [3.63, 3.8) is 0 Å². The summed E-state index contributed by atoms with van der Waals surface area (Å²) in [6, 6.07) is 23.3. The number of rotatable bonds is 7. The van der Waals surface area contributed by atoms with Crippen LogP contribution in [0.2, 0.25) is 5.02 Å². The highest BCUT2D eigenvalue weighted by Crippen LogP contribution is 2.24. The summed E-state index contributed by atoms with van der Waals surface area (Å²) < 4.78 is 5.62. The van der Waals surface area contributed by atoms with Gasteiger partial charge in [0, 0.05) is 11.4 Å². The van der Waals surface area contributed by atoms with Crippen LogP contribution in [0.1, 0.15) is 12.5 Å². The summed E-state index contributed by atoms with van der Waals surface area (Å²) in [6.45, 7) is 1.64. The first-order chi connectivity index (χ1) is 15.4. The number of para-hydroxylation sites is 1. The molecule has 164 valence electrons. The maximum atomic E-state index is 12.4. The monoisotopic (exact) mass is 467 g/mol. The maximum Gasteiger partial charge on any atom is 0.265 e. The maximum absolute atomic E-state index is 12.4. The van der Waals surface area contributed by atoms with E-state index in [-0.39, 0.29) is 23.3 Å². The molecule has 0 fully saturated rings. The van der Waals surface area contributed by atoms with Crippen LogP contribution >= 0.6 is 23.8 Å². The molecule has 2 amide bonds. The van der Waals surface area contributed by atoms with Crippen molar-refractivity contribution < 1.29 is 14.3 Å². The Morgan fingerprint density at radius 1 is 0.906 bits per heavy atom. The quantitative estimate of drug-likeness (QED) is 0.435. The SMILES string of the molecule is CC(Oc1ccccc1Cl)C(=O)Nc1ccc(NC(=S)NC(=O)Cc2ccccc2)cc1. The molecule has 0 spiro atoms. The van der Waals surface area contributed by atoms with Crippen molar-refractivity contribution in [2.45, 2.75) is 19.4 Å². The van der Waals surface area contributed by atoms with Gasteiger partial charge in [-0.05, 0) is 61.1 Å². The van der Waals surface area contributed by atoms with Crippen LogP contribution in [0, 0.1) is 0 Å². The number of carbonyl (C=O) groups excluding carboxylic acids is 2. The molecule has 6 nitrogen and oxygen atoms in total.